The van der Waals surface area contributed by atoms with Crippen molar-refractivity contribution in [1.29, 1.82) is 0 Å². The van der Waals surface area contributed by atoms with Gasteiger partial charge < -0.3 is 10.6 Å². The van der Waals surface area contributed by atoms with E-state index in [2.05, 4.69) is 22.2 Å². The highest BCUT2D eigenvalue weighted by atomic mass is 127. The summed E-state index contributed by atoms with van der Waals surface area (Å²) in [5.74, 6) is 2.29. The van der Waals surface area contributed by atoms with Crippen LogP contribution in [0, 0.1) is 0 Å². The minimum absolute atomic E-state index is 0. The summed E-state index contributed by atoms with van der Waals surface area (Å²) in [7, 11) is -5.24. The first-order chi connectivity index (χ1) is 11.7. The van der Waals surface area contributed by atoms with Gasteiger partial charge in [0.15, 0.2) is 5.96 Å². The average molecular weight is 530 g/mol. The molecule has 0 aromatic carbocycles. The number of guanidine groups is 1. The van der Waals surface area contributed by atoms with Crippen molar-refractivity contribution in [3.8, 4) is 0 Å². The molecule has 0 aromatic heterocycles. The third-order valence-corrected chi connectivity index (χ3v) is 6.09. The summed E-state index contributed by atoms with van der Waals surface area (Å²) in [6, 6.07) is -0.113. The molecular formula is C14H26F3IN4O2S2. The summed E-state index contributed by atoms with van der Waals surface area (Å²) in [4.78, 5) is 4.41. The Kier molecular flexibility index (Phi) is 12.2. The number of nitrogens with zero attached hydrogens (tertiary/aromatic N) is 2. The summed E-state index contributed by atoms with van der Waals surface area (Å²) >= 11 is 1.70. The van der Waals surface area contributed by atoms with Crippen LogP contribution < -0.4 is 10.6 Å². The molecular weight excluding hydrogens is 504 g/mol. The summed E-state index contributed by atoms with van der Waals surface area (Å²) in [5, 5.41) is 6.25. The van der Waals surface area contributed by atoms with Crippen LogP contribution >= 0.6 is 35.7 Å². The van der Waals surface area contributed by atoms with E-state index in [0.717, 1.165) is 11.5 Å². The second-order valence-electron chi connectivity index (χ2n) is 5.39. The van der Waals surface area contributed by atoms with E-state index < -0.39 is 15.5 Å². The maximum absolute atomic E-state index is 12.6. The Morgan fingerprint density at radius 2 is 2.00 bits per heavy atom. The molecule has 1 saturated heterocycles. The topological polar surface area (TPSA) is 73.8 Å². The van der Waals surface area contributed by atoms with Gasteiger partial charge in [-0.25, -0.2) is 8.42 Å². The maximum Gasteiger partial charge on any atom is 0.511 e. The number of nitrogens with one attached hydrogen (secondary N) is 2. The van der Waals surface area contributed by atoms with Crippen molar-refractivity contribution in [1.82, 2.24) is 14.9 Å². The largest absolute Gasteiger partial charge is 0.511 e. The molecule has 0 bridgehead atoms. The molecule has 12 heteroatoms. The smallest absolute Gasteiger partial charge is 0.357 e. The van der Waals surface area contributed by atoms with Gasteiger partial charge in [-0.1, -0.05) is 6.08 Å². The van der Waals surface area contributed by atoms with Crippen LogP contribution in [0.3, 0.4) is 0 Å². The monoisotopic (exact) mass is 530 g/mol. The quantitative estimate of drug-likeness (QED) is 0.166. The van der Waals surface area contributed by atoms with E-state index in [1.165, 1.54) is 0 Å². The Balaban J connectivity index is 0.00000625. The fourth-order valence-electron chi connectivity index (χ4n) is 2.29. The summed E-state index contributed by atoms with van der Waals surface area (Å²) in [6.45, 7) is 6.51. The predicted octanol–water partition coefficient (Wildman–Crippen LogP) is 2.39. The van der Waals surface area contributed by atoms with Crippen molar-refractivity contribution < 1.29 is 21.6 Å². The third-order valence-electron chi connectivity index (χ3n) is 3.51. The van der Waals surface area contributed by atoms with Crippen molar-refractivity contribution in [3.05, 3.63) is 12.7 Å². The zero-order chi connectivity index (χ0) is 18.9. The van der Waals surface area contributed by atoms with Gasteiger partial charge in [-0.05, 0) is 19.8 Å². The standard InChI is InChI=1S/C14H25F3N4O2S2.HI/c1-3-10-24-11-7-19-13(18-4-2)20-12-5-8-21(9-6-12)25(22,23)14(15,16)17;/h3,12H,1,4-11H2,2H3,(H2,18,19,20);1H. The summed E-state index contributed by atoms with van der Waals surface area (Å²) < 4.78 is 61.0. The van der Waals surface area contributed by atoms with E-state index >= 15 is 0 Å². The lowest BCUT2D eigenvalue weighted by Gasteiger charge is -2.32. The summed E-state index contributed by atoms with van der Waals surface area (Å²) in [6.07, 6.45) is 2.41. The molecule has 26 heavy (non-hydrogen) atoms. The lowest BCUT2D eigenvalue weighted by atomic mass is 10.1. The Morgan fingerprint density at radius 3 is 2.50 bits per heavy atom. The van der Waals surface area contributed by atoms with Crippen LogP contribution in [0.5, 0.6) is 0 Å². The lowest BCUT2D eigenvalue weighted by molar-refractivity contribution is -0.0494. The molecule has 0 spiro atoms. The highest BCUT2D eigenvalue weighted by molar-refractivity contribution is 14.0. The number of alkyl halides is 3. The number of sulfonamides is 1. The van der Waals surface area contributed by atoms with Gasteiger partial charge in [0, 0.05) is 37.2 Å². The van der Waals surface area contributed by atoms with E-state index in [9.17, 15) is 21.6 Å². The normalized spacial score (nSPS) is 17.5. The van der Waals surface area contributed by atoms with Crippen molar-refractivity contribution >= 4 is 51.7 Å². The molecule has 0 radical (unpaired) electrons. The number of rotatable bonds is 8. The molecule has 2 N–H and O–H groups in total. The molecule has 1 fully saturated rings. The van der Waals surface area contributed by atoms with Crippen LogP contribution in [0.4, 0.5) is 13.2 Å². The zero-order valence-corrected chi connectivity index (χ0v) is 18.6. The van der Waals surface area contributed by atoms with Crippen molar-refractivity contribution in [2.75, 3.05) is 37.7 Å². The second kappa shape index (κ2) is 12.3. The molecule has 0 aliphatic carbocycles. The Labute approximate surface area is 174 Å². The highest BCUT2D eigenvalue weighted by Crippen LogP contribution is 2.28. The fraction of sp³-hybridized carbons (Fsp3) is 0.786. The first-order valence-electron chi connectivity index (χ1n) is 8.02. The molecule has 0 aromatic rings. The number of aliphatic imine (C=N–C) groups is 1. The highest BCUT2D eigenvalue weighted by Gasteiger charge is 2.50. The Hall–Kier alpha value is -0.210. The van der Waals surface area contributed by atoms with Gasteiger partial charge in [-0.15, -0.1) is 30.6 Å². The van der Waals surface area contributed by atoms with Gasteiger partial charge in [-0.2, -0.15) is 29.2 Å². The average Bonchev–Trinajstić information content (AvgIpc) is 2.54. The minimum atomic E-state index is -5.24. The number of thioether (sulfide) groups is 1. The predicted molar refractivity (Wildman–Crippen MR) is 112 cm³/mol. The number of hydrogen-bond acceptors (Lipinski definition) is 4. The molecule has 1 heterocycles. The van der Waals surface area contributed by atoms with E-state index in [1.54, 1.807) is 11.8 Å². The van der Waals surface area contributed by atoms with Gasteiger partial charge in [0.25, 0.3) is 0 Å². The van der Waals surface area contributed by atoms with E-state index in [0.29, 0.717) is 36.2 Å². The zero-order valence-electron chi connectivity index (χ0n) is 14.6. The number of halogens is 4. The van der Waals surface area contributed by atoms with Crippen LogP contribution in [0.1, 0.15) is 19.8 Å². The molecule has 0 atom stereocenters. The molecule has 0 unspecified atom stereocenters. The summed E-state index contributed by atoms with van der Waals surface area (Å²) in [5.41, 5.74) is -5.24. The molecule has 1 rings (SSSR count). The molecule has 154 valence electrons. The second-order valence-corrected chi connectivity index (χ2v) is 8.47. The maximum atomic E-state index is 12.6. The van der Waals surface area contributed by atoms with Crippen LogP contribution in [-0.4, -0.2) is 67.9 Å². The SMILES string of the molecule is C=CCSCCN=C(NCC)NC1CCN(S(=O)(=O)C(F)(F)F)CC1.I. The third kappa shape index (κ3) is 8.21. The first kappa shape index (κ1) is 25.8. The minimum Gasteiger partial charge on any atom is -0.357 e. The molecule has 1 aliphatic rings. The Bertz CT molecular complexity index is 551. The van der Waals surface area contributed by atoms with Gasteiger partial charge in [0.1, 0.15) is 0 Å². The van der Waals surface area contributed by atoms with Crippen molar-refractivity contribution in [3.63, 3.8) is 0 Å². The van der Waals surface area contributed by atoms with Crippen LogP contribution in [-0.2, 0) is 10.0 Å². The molecule has 0 amide bonds. The van der Waals surface area contributed by atoms with Gasteiger partial charge >= 0.3 is 15.5 Å². The van der Waals surface area contributed by atoms with E-state index in [1.807, 2.05) is 13.0 Å². The van der Waals surface area contributed by atoms with Crippen molar-refractivity contribution in [2.24, 2.45) is 4.99 Å². The van der Waals surface area contributed by atoms with Crippen molar-refractivity contribution in [2.45, 2.75) is 31.3 Å². The van der Waals surface area contributed by atoms with Crippen LogP contribution in [0.25, 0.3) is 0 Å². The van der Waals surface area contributed by atoms with Gasteiger partial charge in [-0.3, -0.25) is 4.99 Å². The number of piperidine rings is 1. The first-order valence-corrected chi connectivity index (χ1v) is 10.6. The van der Waals surface area contributed by atoms with Crippen LogP contribution in [0.15, 0.2) is 17.6 Å². The van der Waals surface area contributed by atoms with Gasteiger partial charge in [0.05, 0.1) is 6.54 Å². The van der Waals surface area contributed by atoms with E-state index in [4.69, 9.17) is 0 Å². The number of hydrogen-bond donors (Lipinski definition) is 2. The van der Waals surface area contributed by atoms with Gasteiger partial charge in [0.2, 0.25) is 0 Å². The molecule has 1 aliphatic heterocycles. The van der Waals surface area contributed by atoms with E-state index in [-0.39, 0.29) is 43.1 Å². The van der Waals surface area contributed by atoms with Crippen LogP contribution in [0.2, 0.25) is 0 Å². The Morgan fingerprint density at radius 1 is 1.38 bits per heavy atom. The fourth-order valence-corrected chi connectivity index (χ4v) is 3.83. The molecule has 6 nitrogen and oxygen atoms in total. The lowest BCUT2D eigenvalue weighted by Crippen LogP contribution is -2.51. The molecule has 0 saturated carbocycles.